The van der Waals surface area contributed by atoms with Crippen LogP contribution in [-0.4, -0.2) is 47.3 Å². The lowest BCUT2D eigenvalue weighted by atomic mass is 10.2. The molecule has 1 N–H and O–H groups in total. The topological polar surface area (TPSA) is 81.4 Å². The Kier molecular flexibility index (Phi) is 3.79. The van der Waals surface area contributed by atoms with E-state index in [-0.39, 0.29) is 5.28 Å². The van der Waals surface area contributed by atoms with Gasteiger partial charge in [-0.2, -0.15) is 36.5 Å². The number of nitrogens with zero attached hydrogens (tertiary/aromatic N) is 6. The molecule has 0 spiro atoms. The van der Waals surface area contributed by atoms with E-state index in [1.807, 2.05) is 11.8 Å². The van der Waals surface area contributed by atoms with Crippen molar-refractivity contribution in [3.63, 3.8) is 0 Å². The highest BCUT2D eigenvalue weighted by Crippen LogP contribution is 2.26. The zero-order valence-corrected chi connectivity index (χ0v) is 11.6. The zero-order valence-electron chi connectivity index (χ0n) is 10.0. The molecule has 2 aromatic rings. The maximum absolute atomic E-state index is 5.89. The van der Waals surface area contributed by atoms with Gasteiger partial charge in [0.15, 0.2) is 0 Å². The van der Waals surface area contributed by atoms with E-state index < -0.39 is 0 Å². The van der Waals surface area contributed by atoms with E-state index in [0.29, 0.717) is 17.1 Å². The number of thioether (sulfide) groups is 1. The highest BCUT2D eigenvalue weighted by molar-refractivity contribution is 8.00. The van der Waals surface area contributed by atoms with Crippen molar-refractivity contribution in [1.29, 1.82) is 0 Å². The summed E-state index contributed by atoms with van der Waals surface area (Å²) in [5.74, 6) is 2.06. The standard InChI is InChI=1S/C10H12ClN7S/c11-8-15-9(13-4-7-2-1-3-19-7)17-10(16-8)18-6-12-5-14-18/h5-7H,1-4H2,(H,13,15,16,17). The number of hydrogen-bond donors (Lipinski definition) is 1. The predicted molar refractivity (Wildman–Crippen MR) is 73.7 cm³/mol. The first-order valence-electron chi connectivity index (χ1n) is 5.93. The molecule has 7 nitrogen and oxygen atoms in total. The highest BCUT2D eigenvalue weighted by Gasteiger charge is 2.16. The van der Waals surface area contributed by atoms with E-state index in [2.05, 4.69) is 30.4 Å². The fraction of sp³-hybridized carbons (Fsp3) is 0.500. The van der Waals surface area contributed by atoms with Crippen molar-refractivity contribution in [2.45, 2.75) is 18.1 Å². The Balaban J connectivity index is 1.74. The van der Waals surface area contributed by atoms with Crippen LogP contribution in [0, 0.1) is 0 Å². The summed E-state index contributed by atoms with van der Waals surface area (Å²) in [5.41, 5.74) is 0. The third kappa shape index (κ3) is 3.13. The minimum absolute atomic E-state index is 0.141. The molecular formula is C10H12ClN7S. The average molecular weight is 298 g/mol. The van der Waals surface area contributed by atoms with E-state index in [1.54, 1.807) is 0 Å². The molecule has 1 aliphatic heterocycles. The summed E-state index contributed by atoms with van der Waals surface area (Å²) in [6, 6.07) is 0. The lowest BCUT2D eigenvalue weighted by molar-refractivity contribution is 0.779. The van der Waals surface area contributed by atoms with Crippen LogP contribution in [0.25, 0.3) is 5.95 Å². The van der Waals surface area contributed by atoms with Gasteiger partial charge in [0.05, 0.1) is 0 Å². The molecule has 19 heavy (non-hydrogen) atoms. The van der Waals surface area contributed by atoms with Crippen molar-refractivity contribution in [3.8, 4) is 5.95 Å². The monoisotopic (exact) mass is 297 g/mol. The fourth-order valence-electron chi connectivity index (χ4n) is 1.84. The SMILES string of the molecule is Clc1nc(NCC2CCCS2)nc(-n2cncn2)n1. The lowest BCUT2D eigenvalue weighted by Gasteiger charge is -2.10. The summed E-state index contributed by atoms with van der Waals surface area (Å²) in [5, 5.41) is 7.93. The zero-order chi connectivity index (χ0) is 13.1. The van der Waals surface area contributed by atoms with Gasteiger partial charge in [0.25, 0.3) is 5.95 Å². The van der Waals surface area contributed by atoms with Crippen LogP contribution in [0.4, 0.5) is 5.95 Å². The lowest BCUT2D eigenvalue weighted by Crippen LogP contribution is -2.16. The summed E-state index contributed by atoms with van der Waals surface area (Å²) < 4.78 is 1.45. The van der Waals surface area contributed by atoms with Crippen LogP contribution in [0.5, 0.6) is 0 Å². The average Bonchev–Trinajstić information content (AvgIpc) is 3.09. The van der Waals surface area contributed by atoms with Crippen LogP contribution in [0.3, 0.4) is 0 Å². The van der Waals surface area contributed by atoms with Gasteiger partial charge in [-0.15, -0.1) is 0 Å². The Bertz CT molecular complexity index is 541. The van der Waals surface area contributed by atoms with Crippen LogP contribution in [0.2, 0.25) is 5.28 Å². The van der Waals surface area contributed by atoms with Crippen LogP contribution in [0.15, 0.2) is 12.7 Å². The van der Waals surface area contributed by atoms with Crippen molar-refractivity contribution >= 4 is 29.3 Å². The van der Waals surface area contributed by atoms with E-state index in [4.69, 9.17) is 11.6 Å². The summed E-state index contributed by atoms with van der Waals surface area (Å²) in [6.45, 7) is 0.835. The summed E-state index contributed by atoms with van der Waals surface area (Å²) >= 11 is 7.87. The van der Waals surface area contributed by atoms with Gasteiger partial charge in [-0.25, -0.2) is 4.98 Å². The number of rotatable bonds is 4. The van der Waals surface area contributed by atoms with Gasteiger partial charge in [-0.1, -0.05) is 0 Å². The largest absolute Gasteiger partial charge is 0.353 e. The molecule has 1 atom stereocenters. The minimum Gasteiger partial charge on any atom is -0.353 e. The van der Waals surface area contributed by atoms with Gasteiger partial charge >= 0.3 is 0 Å². The van der Waals surface area contributed by atoms with Crippen LogP contribution in [0.1, 0.15) is 12.8 Å². The smallest absolute Gasteiger partial charge is 0.258 e. The first-order chi connectivity index (χ1) is 9.31. The normalized spacial score (nSPS) is 18.7. The van der Waals surface area contributed by atoms with Crippen molar-refractivity contribution in [2.75, 3.05) is 17.6 Å². The summed E-state index contributed by atoms with van der Waals surface area (Å²) in [6.07, 6.45) is 5.44. The molecular weight excluding hydrogens is 286 g/mol. The predicted octanol–water partition coefficient (Wildman–Crippen LogP) is 1.41. The molecule has 1 fully saturated rings. The second-order valence-corrected chi connectivity index (χ2v) is 5.83. The van der Waals surface area contributed by atoms with Gasteiger partial charge in [0, 0.05) is 11.8 Å². The molecule has 0 aliphatic carbocycles. The van der Waals surface area contributed by atoms with Crippen LogP contribution in [-0.2, 0) is 0 Å². The quantitative estimate of drug-likeness (QED) is 0.913. The molecule has 0 bridgehead atoms. The second kappa shape index (κ2) is 5.70. The number of anilines is 1. The Hall–Kier alpha value is -1.41. The second-order valence-electron chi connectivity index (χ2n) is 4.08. The van der Waals surface area contributed by atoms with E-state index in [1.165, 1.54) is 35.9 Å². The van der Waals surface area contributed by atoms with E-state index >= 15 is 0 Å². The Morgan fingerprint density at radius 2 is 2.37 bits per heavy atom. The van der Waals surface area contributed by atoms with Gasteiger partial charge in [-0.05, 0) is 30.2 Å². The molecule has 0 radical (unpaired) electrons. The molecule has 9 heteroatoms. The van der Waals surface area contributed by atoms with Crippen molar-refractivity contribution in [1.82, 2.24) is 29.7 Å². The number of aromatic nitrogens is 6. The fourth-order valence-corrected chi connectivity index (χ4v) is 3.20. The third-order valence-corrected chi connectivity index (χ3v) is 4.30. The minimum atomic E-state index is 0.141. The molecule has 1 saturated heterocycles. The first-order valence-corrected chi connectivity index (χ1v) is 7.36. The number of nitrogens with one attached hydrogen (secondary N) is 1. The molecule has 2 aromatic heterocycles. The molecule has 1 unspecified atom stereocenters. The van der Waals surface area contributed by atoms with E-state index in [9.17, 15) is 0 Å². The molecule has 0 saturated carbocycles. The Morgan fingerprint density at radius 3 is 3.11 bits per heavy atom. The number of halogens is 1. The Morgan fingerprint density at radius 1 is 1.42 bits per heavy atom. The van der Waals surface area contributed by atoms with Crippen molar-refractivity contribution < 1.29 is 0 Å². The maximum Gasteiger partial charge on any atom is 0.258 e. The van der Waals surface area contributed by atoms with Crippen molar-refractivity contribution in [3.05, 3.63) is 17.9 Å². The first kappa shape index (κ1) is 12.6. The molecule has 0 aromatic carbocycles. The maximum atomic E-state index is 5.89. The summed E-state index contributed by atoms with van der Waals surface area (Å²) in [4.78, 5) is 16.2. The number of hydrogen-bond acceptors (Lipinski definition) is 7. The van der Waals surface area contributed by atoms with Gasteiger partial charge in [0.1, 0.15) is 12.7 Å². The third-order valence-electron chi connectivity index (χ3n) is 2.73. The van der Waals surface area contributed by atoms with Crippen molar-refractivity contribution in [2.24, 2.45) is 0 Å². The Labute approximate surface area is 119 Å². The molecule has 3 heterocycles. The molecule has 1 aliphatic rings. The molecule has 0 amide bonds. The molecule has 100 valence electrons. The van der Waals surface area contributed by atoms with Gasteiger partial charge in [0.2, 0.25) is 11.2 Å². The van der Waals surface area contributed by atoms with E-state index in [0.717, 1.165) is 6.54 Å². The van der Waals surface area contributed by atoms with Gasteiger partial charge < -0.3 is 5.32 Å². The highest BCUT2D eigenvalue weighted by atomic mass is 35.5. The van der Waals surface area contributed by atoms with Gasteiger partial charge in [-0.3, -0.25) is 0 Å². The summed E-state index contributed by atoms with van der Waals surface area (Å²) in [7, 11) is 0. The molecule has 3 rings (SSSR count). The van der Waals surface area contributed by atoms with Crippen LogP contribution >= 0.6 is 23.4 Å². The van der Waals surface area contributed by atoms with Crippen LogP contribution < -0.4 is 5.32 Å².